The van der Waals surface area contributed by atoms with Gasteiger partial charge in [-0.1, -0.05) is 115 Å². The normalized spacial score (nSPS) is 11.9. The fraction of sp³-hybridized carbons (Fsp3) is 0. The number of para-hydroxylation sites is 1. The molecule has 46 heavy (non-hydrogen) atoms. The third kappa shape index (κ3) is 3.76. The molecule has 0 saturated carbocycles. The van der Waals surface area contributed by atoms with E-state index in [4.69, 9.17) is 19.4 Å². The smallest absolute Gasteiger partial charge is 0.165 e. The molecule has 3 heterocycles. The molecule has 0 aliphatic carbocycles. The van der Waals surface area contributed by atoms with E-state index < -0.39 is 0 Å². The zero-order valence-corrected chi connectivity index (χ0v) is 25.3. The van der Waals surface area contributed by atoms with Crippen LogP contribution in [0.4, 0.5) is 0 Å². The molecular formula is C41H23N3OS. The Morgan fingerprint density at radius 2 is 0.957 bits per heavy atom. The van der Waals surface area contributed by atoms with Crippen LogP contribution in [0.25, 0.3) is 97.8 Å². The van der Waals surface area contributed by atoms with Crippen LogP contribution in [0.5, 0.6) is 0 Å². The van der Waals surface area contributed by atoms with E-state index in [9.17, 15) is 0 Å². The van der Waals surface area contributed by atoms with Crippen molar-refractivity contribution in [3.05, 3.63) is 140 Å². The summed E-state index contributed by atoms with van der Waals surface area (Å²) in [6.45, 7) is 0. The van der Waals surface area contributed by atoms with Crippen molar-refractivity contribution >= 4 is 75.0 Å². The molecule has 0 N–H and O–H groups in total. The topological polar surface area (TPSA) is 51.8 Å². The number of furan rings is 1. The van der Waals surface area contributed by atoms with E-state index in [1.807, 2.05) is 30.3 Å². The number of hydrogen-bond acceptors (Lipinski definition) is 5. The Hall–Kier alpha value is -5.91. The summed E-state index contributed by atoms with van der Waals surface area (Å²) in [5.41, 5.74) is 4.55. The fourth-order valence-corrected chi connectivity index (χ4v) is 8.08. The molecule has 5 heteroatoms. The summed E-state index contributed by atoms with van der Waals surface area (Å²) in [5.74, 6) is 1.91. The molecule has 10 aromatic rings. The first-order chi connectivity index (χ1) is 22.8. The molecule has 0 spiro atoms. The molecular weight excluding hydrogens is 583 g/mol. The van der Waals surface area contributed by atoms with E-state index >= 15 is 0 Å². The molecule has 0 saturated heterocycles. The van der Waals surface area contributed by atoms with Gasteiger partial charge >= 0.3 is 0 Å². The average molecular weight is 606 g/mol. The van der Waals surface area contributed by atoms with E-state index in [-0.39, 0.29) is 0 Å². The van der Waals surface area contributed by atoms with Gasteiger partial charge in [-0.05, 0) is 40.4 Å². The number of aromatic nitrogens is 3. The second-order valence-electron chi connectivity index (χ2n) is 11.6. The summed E-state index contributed by atoms with van der Waals surface area (Å²) in [5, 5.41) is 9.14. The van der Waals surface area contributed by atoms with Crippen molar-refractivity contribution in [1.82, 2.24) is 15.0 Å². The Kier molecular flexibility index (Phi) is 5.41. The molecule has 0 amide bonds. The summed E-state index contributed by atoms with van der Waals surface area (Å²) in [4.78, 5) is 15.8. The molecule has 0 atom stereocenters. The van der Waals surface area contributed by atoms with Crippen molar-refractivity contribution in [2.24, 2.45) is 0 Å². The van der Waals surface area contributed by atoms with Gasteiger partial charge in [0.2, 0.25) is 0 Å². The van der Waals surface area contributed by atoms with Crippen molar-refractivity contribution in [1.29, 1.82) is 0 Å². The van der Waals surface area contributed by atoms with Crippen LogP contribution in [-0.2, 0) is 0 Å². The highest BCUT2D eigenvalue weighted by atomic mass is 32.1. The van der Waals surface area contributed by atoms with E-state index in [1.54, 1.807) is 11.3 Å². The van der Waals surface area contributed by atoms with Gasteiger partial charge in [-0.3, -0.25) is 0 Å². The molecule has 0 radical (unpaired) electrons. The molecule has 4 nitrogen and oxygen atoms in total. The van der Waals surface area contributed by atoms with Gasteiger partial charge in [0.25, 0.3) is 0 Å². The van der Waals surface area contributed by atoms with Crippen molar-refractivity contribution < 1.29 is 4.42 Å². The number of thiophene rings is 1. The molecule has 7 aromatic carbocycles. The minimum Gasteiger partial charge on any atom is -0.456 e. The molecule has 3 aromatic heterocycles. The monoisotopic (exact) mass is 605 g/mol. The molecule has 0 unspecified atom stereocenters. The lowest BCUT2D eigenvalue weighted by atomic mass is 9.97. The first-order valence-corrected chi connectivity index (χ1v) is 16.1. The Morgan fingerprint density at radius 3 is 1.83 bits per heavy atom. The van der Waals surface area contributed by atoms with Crippen LogP contribution in [0.15, 0.2) is 144 Å². The minimum atomic E-state index is 0.618. The molecule has 0 fully saturated rings. The van der Waals surface area contributed by atoms with Crippen LogP contribution < -0.4 is 0 Å². The fourth-order valence-electron chi connectivity index (χ4n) is 6.87. The first-order valence-electron chi connectivity index (χ1n) is 15.3. The van der Waals surface area contributed by atoms with Crippen molar-refractivity contribution in [3.8, 4) is 34.2 Å². The number of nitrogens with zero attached hydrogens (tertiary/aromatic N) is 3. The molecule has 10 rings (SSSR count). The van der Waals surface area contributed by atoms with Gasteiger partial charge in [0, 0.05) is 53.0 Å². The average Bonchev–Trinajstić information content (AvgIpc) is 3.70. The van der Waals surface area contributed by atoms with Crippen LogP contribution in [-0.4, -0.2) is 15.0 Å². The van der Waals surface area contributed by atoms with Crippen LogP contribution in [0, 0.1) is 0 Å². The quantitative estimate of drug-likeness (QED) is 0.188. The minimum absolute atomic E-state index is 0.618. The van der Waals surface area contributed by atoms with Gasteiger partial charge in [-0.15, -0.1) is 11.3 Å². The Morgan fingerprint density at radius 1 is 0.391 bits per heavy atom. The van der Waals surface area contributed by atoms with Gasteiger partial charge < -0.3 is 4.42 Å². The lowest BCUT2D eigenvalue weighted by molar-refractivity contribution is 0.669. The second kappa shape index (κ2) is 9.80. The maximum atomic E-state index is 6.27. The molecule has 214 valence electrons. The summed E-state index contributed by atoms with van der Waals surface area (Å²) < 4.78 is 8.69. The highest BCUT2D eigenvalue weighted by Crippen LogP contribution is 2.41. The number of fused-ring (bicyclic) bond motifs is 9. The molecule has 0 aliphatic rings. The van der Waals surface area contributed by atoms with E-state index in [2.05, 4.69) is 109 Å². The standard InChI is InChI=1S/C41H23N3OS/c1-2-12-26-24(10-1)22-23-25-11-7-16-30(36(25)26)39-42-40(31-17-9-20-34-37(31)29-14-3-5-19-33(29)45-34)44-41(43-39)32-18-8-15-28-27-13-4-6-21-35(27)46-38(28)32/h1-23H. The van der Waals surface area contributed by atoms with Gasteiger partial charge in [0.05, 0.1) is 0 Å². The number of rotatable bonds is 3. The highest BCUT2D eigenvalue weighted by Gasteiger charge is 2.20. The van der Waals surface area contributed by atoms with Crippen LogP contribution >= 0.6 is 11.3 Å². The van der Waals surface area contributed by atoms with Crippen molar-refractivity contribution in [2.45, 2.75) is 0 Å². The predicted octanol–water partition coefficient (Wildman–Crippen LogP) is 11.4. The van der Waals surface area contributed by atoms with Gasteiger partial charge in [0.15, 0.2) is 17.5 Å². The SMILES string of the molecule is c1ccc2c(c1)ccc1cccc(-c3nc(-c4cccc5c4sc4ccccc45)nc(-c4cccc5oc6ccccc6c45)n3)c12. The number of hydrogen-bond donors (Lipinski definition) is 0. The largest absolute Gasteiger partial charge is 0.456 e. The van der Waals surface area contributed by atoms with Crippen molar-refractivity contribution in [3.63, 3.8) is 0 Å². The third-order valence-electron chi connectivity index (χ3n) is 8.93. The Balaban J connectivity index is 1.32. The maximum Gasteiger partial charge on any atom is 0.165 e. The Bertz CT molecular complexity index is 2830. The lowest BCUT2D eigenvalue weighted by Gasteiger charge is -2.12. The lowest BCUT2D eigenvalue weighted by Crippen LogP contribution is -2.01. The van der Waals surface area contributed by atoms with Crippen LogP contribution in [0.2, 0.25) is 0 Å². The zero-order valence-electron chi connectivity index (χ0n) is 24.4. The summed E-state index contributed by atoms with van der Waals surface area (Å²) in [7, 11) is 0. The predicted molar refractivity (Wildman–Crippen MR) is 191 cm³/mol. The zero-order chi connectivity index (χ0) is 30.2. The van der Waals surface area contributed by atoms with E-state index in [1.165, 1.54) is 30.9 Å². The molecule has 0 bridgehead atoms. The third-order valence-corrected chi connectivity index (χ3v) is 10.2. The van der Waals surface area contributed by atoms with Gasteiger partial charge in [-0.2, -0.15) is 0 Å². The van der Waals surface area contributed by atoms with Crippen LogP contribution in [0.1, 0.15) is 0 Å². The summed E-state index contributed by atoms with van der Waals surface area (Å²) in [6.07, 6.45) is 0. The van der Waals surface area contributed by atoms with Crippen molar-refractivity contribution in [2.75, 3.05) is 0 Å². The van der Waals surface area contributed by atoms with E-state index in [0.717, 1.165) is 49.4 Å². The van der Waals surface area contributed by atoms with Gasteiger partial charge in [-0.25, -0.2) is 15.0 Å². The first kappa shape index (κ1) is 25.4. The maximum absolute atomic E-state index is 6.27. The highest BCUT2D eigenvalue weighted by molar-refractivity contribution is 7.26. The summed E-state index contributed by atoms with van der Waals surface area (Å²) >= 11 is 1.78. The summed E-state index contributed by atoms with van der Waals surface area (Å²) in [6, 6.07) is 48.5. The molecule has 0 aliphatic heterocycles. The van der Waals surface area contributed by atoms with Crippen LogP contribution in [0.3, 0.4) is 0 Å². The number of benzene rings is 7. The van der Waals surface area contributed by atoms with E-state index in [0.29, 0.717) is 17.5 Å². The second-order valence-corrected chi connectivity index (χ2v) is 12.6. The Labute approximate surface area is 267 Å². The van der Waals surface area contributed by atoms with Gasteiger partial charge in [0.1, 0.15) is 11.2 Å².